The molecule has 1 amide bonds. The summed E-state index contributed by atoms with van der Waals surface area (Å²) in [6.45, 7) is 8.56. The molecule has 9 heteroatoms. The van der Waals surface area contributed by atoms with Crippen LogP contribution in [-0.2, 0) is 11.3 Å². The number of methoxy groups -OCH3 is 1. The molecule has 0 unspecified atom stereocenters. The van der Waals surface area contributed by atoms with E-state index in [0.29, 0.717) is 40.5 Å². The fourth-order valence-electron chi connectivity index (χ4n) is 3.62. The molecule has 0 bridgehead atoms. The topological polar surface area (TPSA) is 82.2 Å². The van der Waals surface area contributed by atoms with Crippen molar-refractivity contribution in [1.82, 2.24) is 14.8 Å². The van der Waals surface area contributed by atoms with Crippen molar-refractivity contribution in [3.63, 3.8) is 0 Å². The monoisotopic (exact) mass is 588 g/mol. The molecule has 0 saturated carbocycles. The second kappa shape index (κ2) is 10.6. The normalized spacial score (nSPS) is 11.2. The van der Waals surface area contributed by atoms with Gasteiger partial charge in [0.25, 0.3) is 0 Å². The third kappa shape index (κ3) is 5.15. The number of carbonyl (C=O) groups excluding carboxylic acids is 1. The van der Waals surface area contributed by atoms with Gasteiger partial charge in [-0.05, 0) is 64.4 Å². The van der Waals surface area contributed by atoms with Crippen LogP contribution in [0.15, 0.2) is 64.7 Å². The lowest BCUT2D eigenvalue weighted by atomic mass is 10.0. The molecule has 7 nitrogen and oxygen atoms in total. The highest BCUT2D eigenvalue weighted by atomic mass is 127. The molecule has 0 atom stereocenters. The van der Waals surface area contributed by atoms with Crippen molar-refractivity contribution in [1.29, 1.82) is 0 Å². The van der Waals surface area contributed by atoms with Crippen LogP contribution in [0.3, 0.4) is 0 Å². The molecule has 0 fully saturated rings. The maximum atomic E-state index is 12.7. The summed E-state index contributed by atoms with van der Waals surface area (Å²) in [5.41, 5.74) is 2.60. The smallest absolute Gasteiger partial charge is 0.234 e. The van der Waals surface area contributed by atoms with Crippen molar-refractivity contribution in [3.05, 3.63) is 64.3 Å². The van der Waals surface area contributed by atoms with E-state index in [1.54, 1.807) is 13.2 Å². The molecule has 4 rings (SSSR count). The first-order valence-electron chi connectivity index (χ1n) is 10.7. The van der Waals surface area contributed by atoms with Crippen molar-refractivity contribution < 1.29 is 13.9 Å². The van der Waals surface area contributed by atoms with E-state index >= 15 is 0 Å². The second-order valence-electron chi connectivity index (χ2n) is 7.92. The number of thioether (sulfide) groups is 1. The first-order chi connectivity index (χ1) is 16.4. The summed E-state index contributed by atoms with van der Waals surface area (Å²) in [6.07, 6.45) is 1.76. The van der Waals surface area contributed by atoms with Crippen LogP contribution in [0, 0.1) is 3.57 Å². The van der Waals surface area contributed by atoms with Crippen molar-refractivity contribution >= 4 is 56.9 Å². The van der Waals surface area contributed by atoms with Crippen molar-refractivity contribution in [2.75, 3.05) is 18.2 Å². The molecule has 0 aliphatic carbocycles. The van der Waals surface area contributed by atoms with Gasteiger partial charge in [0.2, 0.25) is 11.7 Å². The number of amides is 1. The minimum atomic E-state index is -0.101. The third-order valence-corrected chi connectivity index (χ3v) is 6.86. The van der Waals surface area contributed by atoms with Gasteiger partial charge in [-0.25, -0.2) is 0 Å². The van der Waals surface area contributed by atoms with Gasteiger partial charge >= 0.3 is 0 Å². The molecule has 2 heterocycles. The largest absolute Gasteiger partial charge is 0.493 e. The summed E-state index contributed by atoms with van der Waals surface area (Å²) in [7, 11) is 1.61. The van der Waals surface area contributed by atoms with Crippen molar-refractivity contribution in [2.24, 2.45) is 0 Å². The van der Waals surface area contributed by atoms with Gasteiger partial charge in [-0.1, -0.05) is 43.8 Å². The summed E-state index contributed by atoms with van der Waals surface area (Å²) < 4.78 is 14.5. The number of carbonyl (C=O) groups is 1. The van der Waals surface area contributed by atoms with E-state index in [4.69, 9.17) is 9.15 Å². The van der Waals surface area contributed by atoms with E-state index in [9.17, 15) is 4.79 Å². The summed E-state index contributed by atoms with van der Waals surface area (Å²) >= 11 is 3.61. The highest BCUT2D eigenvalue weighted by Crippen LogP contribution is 2.34. The zero-order valence-electron chi connectivity index (χ0n) is 19.2. The van der Waals surface area contributed by atoms with Crippen LogP contribution in [0.25, 0.3) is 22.6 Å². The molecular formula is C25H25IN4O3S. The van der Waals surface area contributed by atoms with Crippen LogP contribution < -0.4 is 10.1 Å². The van der Waals surface area contributed by atoms with Gasteiger partial charge in [0.05, 0.1) is 12.9 Å². The fraction of sp³-hybridized carbons (Fsp3) is 0.240. The number of nitrogens with one attached hydrogen (secondary N) is 1. The average Bonchev–Trinajstić information content (AvgIpc) is 3.42. The molecule has 2 aromatic heterocycles. The number of para-hydroxylation sites is 1. The Balaban J connectivity index is 1.54. The Morgan fingerprint density at radius 3 is 2.85 bits per heavy atom. The van der Waals surface area contributed by atoms with E-state index in [0.717, 1.165) is 20.2 Å². The number of rotatable bonds is 9. The number of halogens is 1. The number of allylic oxidation sites excluding steroid dienone is 1. The Bertz CT molecular complexity index is 1350. The molecule has 0 radical (unpaired) electrons. The molecule has 0 saturated heterocycles. The molecule has 1 N–H and O–H groups in total. The van der Waals surface area contributed by atoms with Crippen LogP contribution >= 0.6 is 34.4 Å². The van der Waals surface area contributed by atoms with E-state index in [1.165, 1.54) is 11.8 Å². The Hall–Kier alpha value is -2.79. The SMILES string of the molecule is C=CCn1c(SCC(=O)Nc2ccc(I)cc2C(C)C)nnc1-c1cc2cccc(OC)c2o1. The van der Waals surface area contributed by atoms with Crippen LogP contribution in [0.4, 0.5) is 5.69 Å². The second-order valence-corrected chi connectivity index (χ2v) is 10.1. The van der Waals surface area contributed by atoms with E-state index in [1.807, 2.05) is 41.0 Å². The number of hydrogen-bond acceptors (Lipinski definition) is 6. The number of fused-ring (bicyclic) bond motifs is 1. The summed E-state index contributed by atoms with van der Waals surface area (Å²) in [6, 6.07) is 13.7. The number of nitrogens with zero attached hydrogens (tertiary/aromatic N) is 3. The Morgan fingerprint density at radius 1 is 1.29 bits per heavy atom. The van der Waals surface area contributed by atoms with E-state index < -0.39 is 0 Å². The first kappa shape index (κ1) is 24.3. The summed E-state index contributed by atoms with van der Waals surface area (Å²) in [5.74, 6) is 2.20. The molecule has 34 heavy (non-hydrogen) atoms. The Morgan fingerprint density at radius 2 is 2.12 bits per heavy atom. The number of benzene rings is 2. The van der Waals surface area contributed by atoms with Crippen molar-refractivity contribution in [3.8, 4) is 17.3 Å². The highest BCUT2D eigenvalue weighted by molar-refractivity contribution is 14.1. The van der Waals surface area contributed by atoms with E-state index in [2.05, 4.69) is 64.6 Å². The van der Waals surface area contributed by atoms with Gasteiger partial charge in [0.15, 0.2) is 22.2 Å². The minimum absolute atomic E-state index is 0.101. The van der Waals surface area contributed by atoms with Gasteiger partial charge in [0.1, 0.15) is 0 Å². The minimum Gasteiger partial charge on any atom is -0.493 e. The van der Waals surface area contributed by atoms with Gasteiger partial charge in [-0.15, -0.1) is 16.8 Å². The number of ether oxygens (including phenoxy) is 1. The lowest BCUT2D eigenvalue weighted by Gasteiger charge is -2.14. The van der Waals surface area contributed by atoms with Gasteiger partial charge in [-0.3, -0.25) is 9.36 Å². The molecule has 0 spiro atoms. The maximum Gasteiger partial charge on any atom is 0.234 e. The predicted molar refractivity (Wildman–Crippen MR) is 145 cm³/mol. The number of anilines is 1. The summed E-state index contributed by atoms with van der Waals surface area (Å²) in [4.78, 5) is 12.7. The maximum absolute atomic E-state index is 12.7. The van der Waals surface area contributed by atoms with E-state index in [-0.39, 0.29) is 11.7 Å². The van der Waals surface area contributed by atoms with Gasteiger partial charge in [0, 0.05) is 21.2 Å². The number of aromatic nitrogens is 3. The summed E-state index contributed by atoms with van der Waals surface area (Å²) in [5, 5.41) is 13.2. The lowest BCUT2D eigenvalue weighted by molar-refractivity contribution is -0.113. The number of furan rings is 1. The van der Waals surface area contributed by atoms with Crippen LogP contribution in [0.2, 0.25) is 0 Å². The Kier molecular flexibility index (Phi) is 7.62. The quantitative estimate of drug-likeness (QED) is 0.140. The van der Waals surface area contributed by atoms with Crippen LogP contribution in [-0.4, -0.2) is 33.5 Å². The molecule has 2 aromatic carbocycles. The fourth-order valence-corrected chi connectivity index (χ4v) is 4.88. The zero-order valence-corrected chi connectivity index (χ0v) is 22.1. The lowest BCUT2D eigenvalue weighted by Crippen LogP contribution is -2.16. The predicted octanol–water partition coefficient (Wildman–Crippen LogP) is 6.34. The average molecular weight is 588 g/mol. The molecular weight excluding hydrogens is 563 g/mol. The number of hydrogen-bond donors (Lipinski definition) is 1. The molecule has 176 valence electrons. The zero-order chi connectivity index (χ0) is 24.2. The molecule has 0 aliphatic rings. The molecule has 4 aromatic rings. The third-order valence-electron chi connectivity index (χ3n) is 5.22. The van der Waals surface area contributed by atoms with Gasteiger partial charge < -0.3 is 14.5 Å². The van der Waals surface area contributed by atoms with Crippen molar-refractivity contribution in [2.45, 2.75) is 31.5 Å². The standard InChI is InChI=1S/C25H25IN4O3S/c1-5-11-30-24(21-12-16-7-6-8-20(32-4)23(16)33-21)28-29-25(30)34-14-22(31)27-19-10-9-17(26)13-18(19)15(2)3/h5-10,12-13,15H,1,11,14H2,2-4H3,(H,27,31). The molecule has 0 aliphatic heterocycles. The van der Waals surface area contributed by atoms with Gasteiger partial charge in [-0.2, -0.15) is 0 Å². The van der Waals surface area contributed by atoms with Crippen LogP contribution in [0.1, 0.15) is 25.3 Å². The Labute approximate surface area is 216 Å². The van der Waals surface area contributed by atoms with Crippen LogP contribution in [0.5, 0.6) is 5.75 Å². The first-order valence-corrected chi connectivity index (χ1v) is 12.8. The highest BCUT2D eigenvalue weighted by Gasteiger charge is 2.20.